The van der Waals surface area contributed by atoms with Crippen molar-refractivity contribution in [3.63, 3.8) is 0 Å². The fraction of sp³-hybridized carbons (Fsp3) is 0.385. The van der Waals surface area contributed by atoms with E-state index in [1.54, 1.807) is 20.0 Å². The molecule has 0 saturated carbocycles. The molecular formula is C13H17FN2O2S. The molecule has 1 rings (SSSR count). The van der Waals surface area contributed by atoms with E-state index in [9.17, 15) is 12.8 Å². The summed E-state index contributed by atoms with van der Waals surface area (Å²) in [4.78, 5) is -0.336. The number of hydrogen-bond donors (Lipinski definition) is 1. The van der Waals surface area contributed by atoms with Crippen molar-refractivity contribution in [3.05, 3.63) is 29.6 Å². The summed E-state index contributed by atoms with van der Waals surface area (Å²) in [5.41, 5.74) is 0.694. The molecule has 0 aliphatic carbocycles. The summed E-state index contributed by atoms with van der Waals surface area (Å²) in [6.45, 7) is 2.24. The van der Waals surface area contributed by atoms with Gasteiger partial charge in [0.1, 0.15) is 10.7 Å². The Kier molecular flexibility index (Phi) is 5.48. The van der Waals surface area contributed by atoms with Gasteiger partial charge < -0.3 is 5.32 Å². The van der Waals surface area contributed by atoms with Gasteiger partial charge in [0.05, 0.1) is 6.54 Å². The summed E-state index contributed by atoms with van der Waals surface area (Å²) < 4.78 is 39.4. The Morgan fingerprint density at radius 3 is 2.68 bits per heavy atom. The predicted molar refractivity (Wildman–Crippen MR) is 72.4 cm³/mol. The van der Waals surface area contributed by atoms with Gasteiger partial charge >= 0.3 is 0 Å². The van der Waals surface area contributed by atoms with Gasteiger partial charge in [-0.05, 0) is 24.7 Å². The molecule has 104 valence electrons. The van der Waals surface area contributed by atoms with Gasteiger partial charge in [-0.15, -0.1) is 6.42 Å². The van der Waals surface area contributed by atoms with Crippen molar-refractivity contribution in [3.8, 4) is 12.3 Å². The molecule has 0 fully saturated rings. The summed E-state index contributed by atoms with van der Waals surface area (Å²) in [5.74, 6) is 1.50. The maximum absolute atomic E-state index is 13.8. The third kappa shape index (κ3) is 3.53. The van der Waals surface area contributed by atoms with Crippen molar-refractivity contribution in [2.45, 2.75) is 18.4 Å². The Bertz CT molecular complexity index is 579. The molecular weight excluding hydrogens is 267 g/mol. The number of benzene rings is 1. The fourth-order valence-electron chi connectivity index (χ4n) is 1.67. The van der Waals surface area contributed by atoms with Gasteiger partial charge in [-0.2, -0.15) is 4.31 Å². The second-order valence-corrected chi connectivity index (χ2v) is 5.84. The molecule has 0 spiro atoms. The Morgan fingerprint density at radius 1 is 1.47 bits per heavy atom. The van der Waals surface area contributed by atoms with Gasteiger partial charge in [-0.1, -0.05) is 18.9 Å². The van der Waals surface area contributed by atoms with Crippen LogP contribution in [0.3, 0.4) is 0 Å². The molecule has 1 aromatic carbocycles. The van der Waals surface area contributed by atoms with Crippen LogP contribution in [0.4, 0.5) is 4.39 Å². The van der Waals surface area contributed by atoms with E-state index in [4.69, 9.17) is 6.42 Å². The second kappa shape index (κ2) is 6.66. The van der Waals surface area contributed by atoms with Crippen LogP contribution >= 0.6 is 0 Å². The minimum atomic E-state index is -3.90. The van der Waals surface area contributed by atoms with E-state index < -0.39 is 15.8 Å². The first-order valence-electron chi connectivity index (χ1n) is 5.84. The molecule has 1 aromatic rings. The van der Waals surface area contributed by atoms with E-state index in [1.165, 1.54) is 6.07 Å². The lowest BCUT2D eigenvalue weighted by molar-refractivity contribution is 0.457. The highest BCUT2D eigenvalue weighted by Crippen LogP contribution is 2.20. The maximum Gasteiger partial charge on any atom is 0.246 e. The summed E-state index contributed by atoms with van der Waals surface area (Å²) in [7, 11) is -2.17. The molecule has 0 saturated heterocycles. The second-order valence-electron chi connectivity index (χ2n) is 3.93. The van der Waals surface area contributed by atoms with Gasteiger partial charge in [-0.3, -0.25) is 0 Å². The van der Waals surface area contributed by atoms with E-state index in [-0.39, 0.29) is 18.0 Å². The van der Waals surface area contributed by atoms with E-state index in [0.717, 1.165) is 10.4 Å². The molecule has 19 heavy (non-hydrogen) atoms. The van der Waals surface area contributed by atoms with E-state index in [0.29, 0.717) is 12.1 Å². The van der Waals surface area contributed by atoms with Crippen molar-refractivity contribution in [2.75, 3.05) is 20.1 Å². The zero-order valence-corrected chi connectivity index (χ0v) is 11.8. The number of nitrogens with one attached hydrogen (secondary N) is 1. The Hall–Kier alpha value is -1.42. The minimum absolute atomic E-state index is 0.0749. The van der Waals surface area contributed by atoms with Crippen LogP contribution in [0.5, 0.6) is 0 Å². The van der Waals surface area contributed by atoms with Crippen LogP contribution in [0, 0.1) is 18.2 Å². The normalized spacial score (nSPS) is 11.5. The van der Waals surface area contributed by atoms with Gasteiger partial charge in [0, 0.05) is 13.1 Å². The Labute approximate surface area is 113 Å². The highest BCUT2D eigenvalue weighted by Gasteiger charge is 2.25. The molecule has 1 N–H and O–H groups in total. The van der Waals surface area contributed by atoms with E-state index in [2.05, 4.69) is 11.2 Å². The first-order chi connectivity index (χ1) is 8.97. The van der Waals surface area contributed by atoms with Gasteiger partial charge in [0.15, 0.2) is 0 Å². The molecule has 0 amide bonds. The SMILES string of the molecule is C#CCN(CC)S(=O)(=O)c1cc(CNC)ccc1F. The van der Waals surface area contributed by atoms with Crippen LogP contribution in [0.15, 0.2) is 23.1 Å². The lowest BCUT2D eigenvalue weighted by Gasteiger charge is -2.18. The molecule has 4 nitrogen and oxygen atoms in total. The monoisotopic (exact) mass is 284 g/mol. The minimum Gasteiger partial charge on any atom is -0.316 e. The van der Waals surface area contributed by atoms with E-state index in [1.807, 2.05) is 0 Å². The van der Waals surface area contributed by atoms with Gasteiger partial charge in [0.2, 0.25) is 10.0 Å². The zero-order valence-electron chi connectivity index (χ0n) is 11.0. The highest BCUT2D eigenvalue weighted by atomic mass is 32.2. The van der Waals surface area contributed by atoms with Crippen LogP contribution in [0.25, 0.3) is 0 Å². The van der Waals surface area contributed by atoms with Crippen LogP contribution < -0.4 is 5.32 Å². The summed E-state index contributed by atoms with van der Waals surface area (Å²) >= 11 is 0. The summed E-state index contributed by atoms with van der Waals surface area (Å²) in [6.07, 6.45) is 5.14. The first kappa shape index (κ1) is 15.6. The molecule has 0 bridgehead atoms. The molecule has 0 radical (unpaired) electrons. The smallest absolute Gasteiger partial charge is 0.246 e. The van der Waals surface area contributed by atoms with Crippen molar-refractivity contribution in [2.24, 2.45) is 0 Å². The summed E-state index contributed by atoms with van der Waals surface area (Å²) in [5, 5.41) is 2.89. The number of nitrogens with zero attached hydrogens (tertiary/aromatic N) is 1. The topological polar surface area (TPSA) is 49.4 Å². The van der Waals surface area contributed by atoms with Crippen molar-refractivity contribution in [1.29, 1.82) is 0 Å². The average molecular weight is 284 g/mol. The molecule has 0 aromatic heterocycles. The van der Waals surface area contributed by atoms with Gasteiger partial charge in [-0.25, -0.2) is 12.8 Å². The first-order valence-corrected chi connectivity index (χ1v) is 7.28. The lowest BCUT2D eigenvalue weighted by Crippen LogP contribution is -2.32. The maximum atomic E-state index is 13.8. The highest BCUT2D eigenvalue weighted by molar-refractivity contribution is 7.89. The third-order valence-electron chi connectivity index (χ3n) is 2.61. The van der Waals surface area contributed by atoms with Crippen LogP contribution in [0.2, 0.25) is 0 Å². The molecule has 0 heterocycles. The zero-order chi connectivity index (χ0) is 14.5. The molecule has 0 unspecified atom stereocenters. The molecule has 0 aliphatic rings. The number of rotatable bonds is 6. The molecule has 0 atom stereocenters. The number of halogens is 1. The molecule has 0 aliphatic heterocycles. The lowest BCUT2D eigenvalue weighted by atomic mass is 10.2. The number of sulfonamides is 1. The van der Waals surface area contributed by atoms with Crippen LogP contribution in [-0.4, -0.2) is 32.9 Å². The van der Waals surface area contributed by atoms with Crippen molar-refractivity contribution >= 4 is 10.0 Å². The standard InChI is InChI=1S/C13H17FN2O2S/c1-4-8-16(5-2)19(17,18)13-9-11(10-15-3)6-7-12(13)14/h1,6-7,9,15H,5,8,10H2,2-3H3. The largest absolute Gasteiger partial charge is 0.316 e. The van der Waals surface area contributed by atoms with Gasteiger partial charge in [0.25, 0.3) is 0 Å². The van der Waals surface area contributed by atoms with Crippen LogP contribution in [0.1, 0.15) is 12.5 Å². The van der Waals surface area contributed by atoms with Crippen molar-refractivity contribution in [1.82, 2.24) is 9.62 Å². The third-order valence-corrected chi connectivity index (χ3v) is 4.55. The van der Waals surface area contributed by atoms with E-state index >= 15 is 0 Å². The van der Waals surface area contributed by atoms with Crippen LogP contribution in [-0.2, 0) is 16.6 Å². The predicted octanol–water partition coefficient (Wildman–Crippen LogP) is 1.19. The molecule has 6 heteroatoms. The average Bonchev–Trinajstić information content (AvgIpc) is 2.38. The fourth-order valence-corrected chi connectivity index (χ4v) is 3.14. The quantitative estimate of drug-likeness (QED) is 0.798. The Balaban J connectivity index is 3.27. The number of terminal acetylenes is 1. The van der Waals surface area contributed by atoms with Crippen molar-refractivity contribution < 1.29 is 12.8 Å². The Morgan fingerprint density at radius 2 is 2.16 bits per heavy atom. The number of hydrogen-bond acceptors (Lipinski definition) is 3. The summed E-state index contributed by atoms with van der Waals surface area (Å²) in [6, 6.07) is 4.03.